The Morgan fingerprint density at radius 2 is 2.04 bits per heavy atom. The Hall–Kier alpha value is -2.38. The van der Waals surface area contributed by atoms with Crippen molar-refractivity contribution in [1.82, 2.24) is 14.9 Å². The molecule has 0 bridgehead atoms. The lowest BCUT2D eigenvalue weighted by molar-refractivity contribution is -0.117. The third-order valence-electron chi connectivity index (χ3n) is 4.13. The maximum Gasteiger partial charge on any atom is 0.238 e. The van der Waals surface area contributed by atoms with Gasteiger partial charge in [-0.3, -0.25) is 14.7 Å². The van der Waals surface area contributed by atoms with E-state index in [4.69, 9.17) is 0 Å². The zero-order valence-electron chi connectivity index (χ0n) is 14.7. The second kappa shape index (κ2) is 9.35. The molecule has 0 aliphatic carbocycles. The van der Waals surface area contributed by atoms with E-state index in [1.54, 1.807) is 30.4 Å². The van der Waals surface area contributed by atoms with E-state index in [2.05, 4.69) is 31.7 Å². The number of aromatic nitrogens is 2. The van der Waals surface area contributed by atoms with Crippen molar-refractivity contribution in [3.8, 4) is 0 Å². The van der Waals surface area contributed by atoms with E-state index >= 15 is 0 Å². The highest BCUT2D eigenvalue weighted by Gasteiger charge is 2.20. The maximum absolute atomic E-state index is 12.4. The fourth-order valence-corrected chi connectivity index (χ4v) is 3.57. The van der Waals surface area contributed by atoms with Crippen LogP contribution in [0, 0.1) is 0 Å². The molecule has 1 N–H and O–H groups in total. The molecule has 2 aromatic rings. The van der Waals surface area contributed by atoms with Crippen molar-refractivity contribution in [3.63, 3.8) is 0 Å². The predicted octanol–water partition coefficient (Wildman–Crippen LogP) is 2.52. The molecular weight excluding hydrogens is 346 g/mol. The molecule has 1 amide bonds. The SMILES string of the molecule is C=CCSc1ccccc1NC(=O)CN1CCN(c2cnccn2)CC1. The minimum atomic E-state index is 0.0182. The van der Waals surface area contributed by atoms with E-state index in [1.165, 1.54) is 0 Å². The summed E-state index contributed by atoms with van der Waals surface area (Å²) in [5.41, 5.74) is 0.863. The number of carbonyl (C=O) groups is 1. The number of carbonyl (C=O) groups excluding carboxylic acids is 1. The lowest BCUT2D eigenvalue weighted by Gasteiger charge is -2.34. The van der Waals surface area contributed by atoms with Crippen molar-refractivity contribution in [1.29, 1.82) is 0 Å². The van der Waals surface area contributed by atoms with E-state index < -0.39 is 0 Å². The molecule has 1 saturated heterocycles. The number of thioether (sulfide) groups is 1. The van der Waals surface area contributed by atoms with Crippen LogP contribution in [0.3, 0.4) is 0 Å². The van der Waals surface area contributed by atoms with Gasteiger partial charge in [0.1, 0.15) is 5.82 Å². The quantitative estimate of drug-likeness (QED) is 0.598. The zero-order chi connectivity index (χ0) is 18.2. The molecule has 1 aliphatic heterocycles. The van der Waals surface area contributed by atoms with Crippen LogP contribution < -0.4 is 10.2 Å². The van der Waals surface area contributed by atoms with Crippen LogP contribution in [0.4, 0.5) is 11.5 Å². The Morgan fingerprint density at radius 1 is 1.23 bits per heavy atom. The van der Waals surface area contributed by atoms with E-state index in [-0.39, 0.29) is 5.91 Å². The molecular formula is C19H23N5OS. The van der Waals surface area contributed by atoms with Gasteiger partial charge in [0.2, 0.25) is 5.91 Å². The smallest absolute Gasteiger partial charge is 0.238 e. The monoisotopic (exact) mass is 369 g/mol. The Morgan fingerprint density at radius 3 is 2.77 bits per heavy atom. The van der Waals surface area contributed by atoms with Crippen molar-refractivity contribution in [3.05, 3.63) is 55.5 Å². The Bertz CT molecular complexity index is 732. The summed E-state index contributed by atoms with van der Waals surface area (Å²) in [6, 6.07) is 7.87. The van der Waals surface area contributed by atoms with Gasteiger partial charge in [-0.15, -0.1) is 18.3 Å². The molecule has 6 nitrogen and oxygen atoms in total. The van der Waals surface area contributed by atoms with Gasteiger partial charge in [-0.2, -0.15) is 0 Å². The molecule has 26 heavy (non-hydrogen) atoms. The van der Waals surface area contributed by atoms with Gasteiger partial charge in [0, 0.05) is 49.2 Å². The summed E-state index contributed by atoms with van der Waals surface area (Å²) in [6.07, 6.45) is 7.02. The number of amides is 1. The highest BCUT2D eigenvalue weighted by Crippen LogP contribution is 2.26. The molecule has 136 valence electrons. The van der Waals surface area contributed by atoms with Gasteiger partial charge in [0.05, 0.1) is 18.4 Å². The summed E-state index contributed by atoms with van der Waals surface area (Å²) < 4.78 is 0. The number of nitrogens with zero attached hydrogens (tertiary/aromatic N) is 4. The van der Waals surface area contributed by atoms with Crippen LogP contribution in [0.2, 0.25) is 0 Å². The third kappa shape index (κ3) is 5.06. The van der Waals surface area contributed by atoms with Gasteiger partial charge in [-0.1, -0.05) is 18.2 Å². The van der Waals surface area contributed by atoms with Gasteiger partial charge in [-0.25, -0.2) is 4.98 Å². The van der Waals surface area contributed by atoms with Crippen LogP contribution in [-0.2, 0) is 4.79 Å². The van der Waals surface area contributed by atoms with Crippen LogP contribution in [0.1, 0.15) is 0 Å². The number of benzene rings is 1. The zero-order valence-corrected chi connectivity index (χ0v) is 15.5. The molecule has 0 saturated carbocycles. The second-order valence-corrected chi connectivity index (χ2v) is 7.03. The molecule has 1 aliphatic rings. The van der Waals surface area contributed by atoms with Crippen molar-refractivity contribution in [2.45, 2.75) is 4.90 Å². The molecule has 3 rings (SSSR count). The average molecular weight is 369 g/mol. The van der Waals surface area contributed by atoms with Crippen LogP contribution >= 0.6 is 11.8 Å². The van der Waals surface area contributed by atoms with Crippen molar-refractivity contribution in [2.24, 2.45) is 0 Å². The van der Waals surface area contributed by atoms with Crippen molar-refractivity contribution < 1.29 is 4.79 Å². The number of hydrogen-bond acceptors (Lipinski definition) is 6. The molecule has 7 heteroatoms. The van der Waals surface area contributed by atoms with Crippen LogP contribution in [0.15, 0.2) is 60.4 Å². The van der Waals surface area contributed by atoms with Gasteiger partial charge in [0.25, 0.3) is 0 Å². The Balaban J connectivity index is 1.50. The first-order chi connectivity index (χ1) is 12.8. The van der Waals surface area contributed by atoms with Crippen LogP contribution in [-0.4, -0.2) is 59.3 Å². The summed E-state index contributed by atoms with van der Waals surface area (Å²) >= 11 is 1.67. The van der Waals surface area contributed by atoms with Gasteiger partial charge >= 0.3 is 0 Å². The first kappa shape index (κ1) is 18.4. The highest BCUT2D eigenvalue weighted by molar-refractivity contribution is 7.99. The normalized spacial score (nSPS) is 14.8. The number of piperazine rings is 1. The first-order valence-electron chi connectivity index (χ1n) is 8.62. The molecule has 0 unspecified atom stereocenters. The number of nitrogens with one attached hydrogen (secondary N) is 1. The predicted molar refractivity (Wildman–Crippen MR) is 107 cm³/mol. The summed E-state index contributed by atoms with van der Waals surface area (Å²) in [5, 5.41) is 3.04. The topological polar surface area (TPSA) is 61.4 Å². The van der Waals surface area contributed by atoms with Gasteiger partial charge in [-0.05, 0) is 12.1 Å². The van der Waals surface area contributed by atoms with Crippen molar-refractivity contribution >= 4 is 29.2 Å². The summed E-state index contributed by atoms with van der Waals surface area (Å²) in [6.45, 7) is 7.49. The van der Waals surface area contributed by atoms with Gasteiger partial charge in [0.15, 0.2) is 0 Å². The molecule has 1 fully saturated rings. The lowest BCUT2D eigenvalue weighted by Crippen LogP contribution is -2.49. The summed E-state index contributed by atoms with van der Waals surface area (Å²) in [5.74, 6) is 1.73. The molecule has 0 radical (unpaired) electrons. The summed E-state index contributed by atoms with van der Waals surface area (Å²) in [4.78, 5) is 26.3. The van der Waals surface area contributed by atoms with E-state index in [1.807, 2.05) is 30.3 Å². The average Bonchev–Trinajstić information content (AvgIpc) is 2.68. The van der Waals surface area contributed by atoms with Crippen LogP contribution in [0.5, 0.6) is 0 Å². The number of anilines is 2. The fourth-order valence-electron chi connectivity index (χ4n) is 2.83. The largest absolute Gasteiger partial charge is 0.353 e. The standard InChI is InChI=1S/C19H23N5OS/c1-2-13-26-17-6-4-3-5-16(17)22-19(25)15-23-9-11-24(12-10-23)18-14-20-7-8-21-18/h2-8,14H,1,9-13,15H2,(H,22,25). The molecule has 0 spiro atoms. The number of rotatable bonds is 7. The second-order valence-electron chi connectivity index (χ2n) is 5.97. The molecule has 0 atom stereocenters. The van der Waals surface area contributed by atoms with Gasteiger partial charge < -0.3 is 10.2 Å². The third-order valence-corrected chi connectivity index (χ3v) is 5.20. The van der Waals surface area contributed by atoms with E-state index in [0.29, 0.717) is 6.54 Å². The molecule has 2 heterocycles. The summed E-state index contributed by atoms with van der Waals surface area (Å²) in [7, 11) is 0. The highest BCUT2D eigenvalue weighted by atomic mass is 32.2. The minimum Gasteiger partial charge on any atom is -0.353 e. The maximum atomic E-state index is 12.4. The van der Waals surface area contributed by atoms with E-state index in [9.17, 15) is 4.79 Å². The molecule has 1 aromatic heterocycles. The first-order valence-corrected chi connectivity index (χ1v) is 9.60. The lowest BCUT2D eigenvalue weighted by atomic mass is 10.3. The Kier molecular flexibility index (Phi) is 6.62. The number of para-hydroxylation sites is 1. The Labute approximate surface area is 158 Å². The fraction of sp³-hybridized carbons (Fsp3) is 0.316. The van der Waals surface area contributed by atoms with Crippen LogP contribution in [0.25, 0.3) is 0 Å². The van der Waals surface area contributed by atoms with Crippen molar-refractivity contribution in [2.75, 3.05) is 48.7 Å². The number of hydrogen-bond donors (Lipinski definition) is 1. The van der Waals surface area contributed by atoms with E-state index in [0.717, 1.165) is 48.3 Å². The minimum absolute atomic E-state index is 0.0182. The molecule has 1 aromatic carbocycles.